The fraction of sp³-hybridized carbons (Fsp3) is 0.533. The van der Waals surface area contributed by atoms with Crippen LogP contribution in [-0.2, 0) is 11.2 Å². The molecule has 0 aliphatic heterocycles. The van der Waals surface area contributed by atoms with Gasteiger partial charge in [-0.2, -0.15) is 0 Å². The van der Waals surface area contributed by atoms with E-state index in [2.05, 4.69) is 5.32 Å². The third-order valence-electron chi connectivity index (χ3n) is 2.50. The predicted octanol–water partition coefficient (Wildman–Crippen LogP) is 3.23. The Morgan fingerprint density at radius 1 is 1.42 bits per heavy atom. The zero-order valence-electron chi connectivity index (χ0n) is 12.4. The first-order valence-corrected chi connectivity index (χ1v) is 6.52. The molecular formula is C15H24N2O2. The highest BCUT2D eigenvalue weighted by atomic mass is 16.6. The van der Waals surface area contributed by atoms with E-state index in [4.69, 9.17) is 10.5 Å². The molecule has 1 aromatic carbocycles. The van der Waals surface area contributed by atoms with E-state index in [1.807, 2.05) is 52.8 Å². The van der Waals surface area contributed by atoms with Gasteiger partial charge in [-0.3, -0.25) is 5.32 Å². The van der Waals surface area contributed by atoms with Crippen LogP contribution >= 0.6 is 0 Å². The summed E-state index contributed by atoms with van der Waals surface area (Å²) in [5, 5.41) is 2.78. The third-order valence-corrected chi connectivity index (χ3v) is 2.50. The highest BCUT2D eigenvalue weighted by Crippen LogP contribution is 2.19. The molecule has 0 aliphatic rings. The number of hydrogen-bond donors (Lipinski definition) is 2. The molecule has 0 unspecified atom stereocenters. The Labute approximate surface area is 115 Å². The average molecular weight is 264 g/mol. The van der Waals surface area contributed by atoms with Crippen LogP contribution in [0.15, 0.2) is 18.2 Å². The van der Waals surface area contributed by atoms with Crippen LogP contribution in [0.3, 0.4) is 0 Å². The maximum absolute atomic E-state index is 11.8. The third kappa shape index (κ3) is 5.75. The second kappa shape index (κ2) is 6.06. The molecule has 4 nitrogen and oxygen atoms in total. The molecule has 0 aromatic heterocycles. The fourth-order valence-corrected chi connectivity index (χ4v) is 1.72. The molecule has 1 atom stereocenters. The van der Waals surface area contributed by atoms with E-state index in [1.54, 1.807) is 0 Å². The van der Waals surface area contributed by atoms with E-state index in [0.717, 1.165) is 23.2 Å². The molecule has 0 aliphatic carbocycles. The van der Waals surface area contributed by atoms with Crippen LogP contribution in [0.4, 0.5) is 10.5 Å². The van der Waals surface area contributed by atoms with E-state index < -0.39 is 11.7 Å². The zero-order chi connectivity index (χ0) is 14.6. The average Bonchev–Trinajstić information content (AvgIpc) is 2.19. The Bertz CT molecular complexity index is 448. The minimum atomic E-state index is -0.499. The molecule has 1 amide bonds. The van der Waals surface area contributed by atoms with Gasteiger partial charge in [0.05, 0.1) is 0 Å². The normalized spacial score (nSPS) is 12.9. The first-order chi connectivity index (χ1) is 8.67. The topological polar surface area (TPSA) is 64.3 Å². The molecule has 0 spiro atoms. The number of hydrogen-bond acceptors (Lipinski definition) is 3. The van der Waals surface area contributed by atoms with Gasteiger partial charge in [0.15, 0.2) is 0 Å². The highest BCUT2D eigenvalue weighted by Gasteiger charge is 2.16. The Kier molecular flexibility index (Phi) is 4.95. The molecule has 0 fully saturated rings. The van der Waals surface area contributed by atoms with E-state index in [9.17, 15) is 4.79 Å². The summed E-state index contributed by atoms with van der Waals surface area (Å²) >= 11 is 0. The van der Waals surface area contributed by atoms with Crippen molar-refractivity contribution in [1.82, 2.24) is 0 Å². The van der Waals surface area contributed by atoms with Crippen molar-refractivity contribution in [2.75, 3.05) is 5.32 Å². The quantitative estimate of drug-likeness (QED) is 0.881. The van der Waals surface area contributed by atoms with Crippen LogP contribution in [-0.4, -0.2) is 17.7 Å². The van der Waals surface area contributed by atoms with Crippen molar-refractivity contribution >= 4 is 11.8 Å². The number of nitrogens with two attached hydrogens (primary N) is 1. The molecule has 3 N–H and O–H groups in total. The summed E-state index contributed by atoms with van der Waals surface area (Å²) in [5.74, 6) is 0. The molecule has 0 heterocycles. The Balaban J connectivity index is 2.79. The summed E-state index contributed by atoms with van der Waals surface area (Å²) in [7, 11) is 0. The number of rotatable bonds is 3. The van der Waals surface area contributed by atoms with Crippen molar-refractivity contribution in [3.8, 4) is 0 Å². The molecule has 0 saturated carbocycles. The van der Waals surface area contributed by atoms with Crippen LogP contribution in [0.1, 0.15) is 38.8 Å². The van der Waals surface area contributed by atoms with Gasteiger partial charge in [-0.1, -0.05) is 12.1 Å². The van der Waals surface area contributed by atoms with E-state index in [0.29, 0.717) is 0 Å². The lowest BCUT2D eigenvalue weighted by Gasteiger charge is -2.20. The number of carbonyl (C=O) groups excluding carboxylic acids is 1. The van der Waals surface area contributed by atoms with E-state index >= 15 is 0 Å². The van der Waals surface area contributed by atoms with Crippen LogP contribution in [0.5, 0.6) is 0 Å². The maximum atomic E-state index is 11.8. The molecular weight excluding hydrogens is 240 g/mol. The van der Waals surface area contributed by atoms with Gasteiger partial charge in [0.1, 0.15) is 5.60 Å². The molecule has 4 heteroatoms. The van der Waals surface area contributed by atoms with Crippen molar-refractivity contribution in [2.24, 2.45) is 5.73 Å². The first-order valence-electron chi connectivity index (χ1n) is 6.52. The standard InChI is InChI=1S/C15H24N2O2/c1-10-6-7-12(8-11(2)16)9-13(10)17-14(18)19-15(3,4)5/h6-7,9,11H,8,16H2,1-5H3,(H,17,18)/t11-/m1/s1. The van der Waals surface area contributed by atoms with Crippen molar-refractivity contribution < 1.29 is 9.53 Å². The minimum absolute atomic E-state index is 0.0945. The molecule has 1 rings (SSSR count). The van der Waals surface area contributed by atoms with Crippen LogP contribution in [0, 0.1) is 6.92 Å². The maximum Gasteiger partial charge on any atom is 0.412 e. The van der Waals surface area contributed by atoms with Crippen molar-refractivity contribution in [2.45, 2.75) is 52.7 Å². The summed E-state index contributed by atoms with van der Waals surface area (Å²) in [6.07, 6.45) is 0.344. The van der Waals surface area contributed by atoms with Crippen LogP contribution in [0.2, 0.25) is 0 Å². The van der Waals surface area contributed by atoms with Gasteiger partial charge in [-0.15, -0.1) is 0 Å². The van der Waals surface area contributed by atoms with Gasteiger partial charge >= 0.3 is 6.09 Å². The number of anilines is 1. The molecule has 19 heavy (non-hydrogen) atoms. The minimum Gasteiger partial charge on any atom is -0.444 e. The second-order valence-corrected chi connectivity index (χ2v) is 5.96. The van der Waals surface area contributed by atoms with Gasteiger partial charge in [-0.05, 0) is 58.2 Å². The number of amides is 1. The SMILES string of the molecule is Cc1ccc(C[C@@H](C)N)cc1NC(=O)OC(C)(C)C. The lowest BCUT2D eigenvalue weighted by atomic mass is 10.0. The van der Waals surface area contributed by atoms with Gasteiger partial charge in [0.2, 0.25) is 0 Å². The number of carbonyl (C=O) groups is 1. The number of nitrogens with one attached hydrogen (secondary N) is 1. The lowest BCUT2D eigenvalue weighted by Crippen LogP contribution is -2.27. The molecule has 0 bridgehead atoms. The van der Waals surface area contributed by atoms with Crippen LogP contribution in [0.25, 0.3) is 0 Å². The smallest absolute Gasteiger partial charge is 0.412 e. The monoisotopic (exact) mass is 264 g/mol. The number of aryl methyl sites for hydroxylation is 1. The second-order valence-electron chi connectivity index (χ2n) is 5.96. The molecule has 0 saturated heterocycles. The van der Waals surface area contributed by atoms with Crippen LogP contribution < -0.4 is 11.1 Å². The lowest BCUT2D eigenvalue weighted by molar-refractivity contribution is 0.0636. The van der Waals surface area contributed by atoms with E-state index in [1.165, 1.54) is 0 Å². The fourth-order valence-electron chi connectivity index (χ4n) is 1.72. The van der Waals surface area contributed by atoms with Gasteiger partial charge in [0, 0.05) is 11.7 Å². The van der Waals surface area contributed by atoms with Gasteiger partial charge in [0.25, 0.3) is 0 Å². The highest BCUT2D eigenvalue weighted by molar-refractivity contribution is 5.86. The van der Waals surface area contributed by atoms with Gasteiger partial charge in [-0.25, -0.2) is 4.79 Å². The van der Waals surface area contributed by atoms with Gasteiger partial charge < -0.3 is 10.5 Å². The summed E-state index contributed by atoms with van der Waals surface area (Å²) in [4.78, 5) is 11.8. The molecule has 106 valence electrons. The Hall–Kier alpha value is -1.55. The predicted molar refractivity (Wildman–Crippen MR) is 78.4 cm³/mol. The van der Waals surface area contributed by atoms with Crippen molar-refractivity contribution in [3.63, 3.8) is 0 Å². The van der Waals surface area contributed by atoms with E-state index in [-0.39, 0.29) is 6.04 Å². The number of benzene rings is 1. The molecule has 1 aromatic rings. The summed E-state index contributed by atoms with van der Waals surface area (Å²) < 4.78 is 5.24. The summed E-state index contributed by atoms with van der Waals surface area (Å²) in [5.41, 5.74) is 8.16. The van der Waals surface area contributed by atoms with Crippen molar-refractivity contribution in [1.29, 1.82) is 0 Å². The summed E-state index contributed by atoms with van der Waals surface area (Å²) in [6.45, 7) is 9.42. The Morgan fingerprint density at radius 2 is 2.05 bits per heavy atom. The molecule has 0 radical (unpaired) electrons. The van der Waals surface area contributed by atoms with Crippen molar-refractivity contribution in [3.05, 3.63) is 29.3 Å². The number of ether oxygens (including phenoxy) is 1. The summed E-state index contributed by atoms with van der Waals surface area (Å²) in [6, 6.07) is 6.04. The largest absolute Gasteiger partial charge is 0.444 e. The first kappa shape index (κ1) is 15.5. The zero-order valence-corrected chi connectivity index (χ0v) is 12.4. The Morgan fingerprint density at radius 3 is 2.58 bits per heavy atom.